The van der Waals surface area contributed by atoms with Crippen LogP contribution >= 0.6 is 0 Å². The van der Waals surface area contributed by atoms with Gasteiger partial charge in [-0.1, -0.05) is 18.2 Å². The fourth-order valence-corrected chi connectivity index (χ4v) is 2.42. The van der Waals surface area contributed by atoms with Gasteiger partial charge in [0.2, 0.25) is 0 Å². The van der Waals surface area contributed by atoms with Crippen molar-refractivity contribution in [3.8, 4) is 0 Å². The molecule has 1 aromatic carbocycles. The largest absolute Gasteiger partial charge is 0.353 e. The summed E-state index contributed by atoms with van der Waals surface area (Å²) in [6.07, 6.45) is 1.73. The SMILES string of the molecule is O=C(Nc1ccccc1)c1cccnc1N1CCNCC1. The number of aromatic nitrogens is 1. The second-order valence-electron chi connectivity index (χ2n) is 4.93. The Labute approximate surface area is 124 Å². The summed E-state index contributed by atoms with van der Waals surface area (Å²) in [6, 6.07) is 13.1. The first-order valence-corrected chi connectivity index (χ1v) is 7.12. The van der Waals surface area contributed by atoms with E-state index in [9.17, 15) is 4.79 Å². The monoisotopic (exact) mass is 282 g/mol. The van der Waals surface area contributed by atoms with Crippen LogP contribution < -0.4 is 15.5 Å². The molecule has 5 nitrogen and oxygen atoms in total. The number of hydrogen-bond acceptors (Lipinski definition) is 4. The smallest absolute Gasteiger partial charge is 0.259 e. The Morgan fingerprint density at radius 2 is 1.86 bits per heavy atom. The molecule has 1 aliphatic rings. The number of para-hydroxylation sites is 1. The minimum Gasteiger partial charge on any atom is -0.353 e. The first-order chi connectivity index (χ1) is 10.3. The third-order valence-electron chi connectivity index (χ3n) is 3.48. The molecular weight excluding hydrogens is 264 g/mol. The van der Waals surface area contributed by atoms with Crippen molar-refractivity contribution < 1.29 is 4.79 Å². The molecule has 5 heteroatoms. The fourth-order valence-electron chi connectivity index (χ4n) is 2.42. The van der Waals surface area contributed by atoms with Crippen molar-refractivity contribution in [2.24, 2.45) is 0 Å². The van der Waals surface area contributed by atoms with Gasteiger partial charge >= 0.3 is 0 Å². The average molecular weight is 282 g/mol. The van der Waals surface area contributed by atoms with E-state index in [1.165, 1.54) is 0 Å². The summed E-state index contributed by atoms with van der Waals surface area (Å²) in [6.45, 7) is 3.55. The summed E-state index contributed by atoms with van der Waals surface area (Å²) in [5.74, 6) is 0.635. The van der Waals surface area contributed by atoms with E-state index in [1.807, 2.05) is 36.4 Å². The van der Waals surface area contributed by atoms with E-state index < -0.39 is 0 Å². The van der Waals surface area contributed by atoms with Crippen LogP contribution in [0, 0.1) is 0 Å². The molecular formula is C16H18N4O. The van der Waals surface area contributed by atoms with Crippen molar-refractivity contribution in [1.29, 1.82) is 0 Å². The molecule has 108 valence electrons. The first kappa shape index (κ1) is 13.6. The Kier molecular flexibility index (Phi) is 4.12. The predicted molar refractivity (Wildman–Crippen MR) is 83.7 cm³/mol. The molecule has 21 heavy (non-hydrogen) atoms. The van der Waals surface area contributed by atoms with Gasteiger partial charge in [0.1, 0.15) is 5.82 Å². The van der Waals surface area contributed by atoms with Crippen molar-refractivity contribution in [2.45, 2.75) is 0 Å². The van der Waals surface area contributed by atoms with Crippen molar-refractivity contribution in [2.75, 3.05) is 36.4 Å². The lowest BCUT2D eigenvalue weighted by atomic mass is 10.2. The van der Waals surface area contributed by atoms with Crippen molar-refractivity contribution in [1.82, 2.24) is 10.3 Å². The van der Waals surface area contributed by atoms with Crippen LogP contribution in [0.15, 0.2) is 48.7 Å². The average Bonchev–Trinajstić information content (AvgIpc) is 2.56. The number of hydrogen-bond donors (Lipinski definition) is 2. The van der Waals surface area contributed by atoms with Crippen LogP contribution in [0.3, 0.4) is 0 Å². The van der Waals surface area contributed by atoms with Crippen molar-refractivity contribution in [3.05, 3.63) is 54.2 Å². The fraction of sp³-hybridized carbons (Fsp3) is 0.250. The lowest BCUT2D eigenvalue weighted by Crippen LogP contribution is -2.44. The minimum absolute atomic E-state index is 0.122. The Hall–Kier alpha value is -2.40. The van der Waals surface area contributed by atoms with Gasteiger partial charge in [0.15, 0.2) is 0 Å². The van der Waals surface area contributed by atoms with Gasteiger partial charge in [-0.25, -0.2) is 4.98 Å². The maximum atomic E-state index is 12.5. The zero-order valence-electron chi connectivity index (χ0n) is 11.7. The van der Waals surface area contributed by atoms with Gasteiger partial charge in [0, 0.05) is 38.1 Å². The van der Waals surface area contributed by atoms with Crippen LogP contribution in [0.5, 0.6) is 0 Å². The van der Waals surface area contributed by atoms with Gasteiger partial charge in [-0.2, -0.15) is 0 Å². The molecule has 1 aromatic heterocycles. The number of carbonyl (C=O) groups is 1. The molecule has 0 radical (unpaired) electrons. The number of benzene rings is 1. The zero-order valence-corrected chi connectivity index (χ0v) is 11.7. The molecule has 0 bridgehead atoms. The summed E-state index contributed by atoms with van der Waals surface area (Å²) in [5.41, 5.74) is 1.40. The van der Waals surface area contributed by atoms with Crippen LogP contribution in [0.25, 0.3) is 0 Å². The lowest BCUT2D eigenvalue weighted by molar-refractivity contribution is 0.102. The summed E-state index contributed by atoms with van der Waals surface area (Å²) in [7, 11) is 0. The molecule has 0 unspecified atom stereocenters. The molecule has 1 aliphatic heterocycles. The number of amides is 1. The Balaban J connectivity index is 1.82. The summed E-state index contributed by atoms with van der Waals surface area (Å²) < 4.78 is 0. The van der Waals surface area contributed by atoms with Crippen LogP contribution in [0.4, 0.5) is 11.5 Å². The molecule has 2 aromatic rings. The van der Waals surface area contributed by atoms with Gasteiger partial charge in [-0.3, -0.25) is 4.79 Å². The second kappa shape index (κ2) is 6.37. The number of pyridine rings is 1. The summed E-state index contributed by atoms with van der Waals surface area (Å²) in [4.78, 5) is 19.0. The first-order valence-electron chi connectivity index (χ1n) is 7.12. The summed E-state index contributed by atoms with van der Waals surface area (Å²) in [5, 5.41) is 6.22. The van der Waals surface area contributed by atoms with Crippen molar-refractivity contribution in [3.63, 3.8) is 0 Å². The van der Waals surface area contributed by atoms with Crippen LogP contribution in [0.1, 0.15) is 10.4 Å². The third kappa shape index (κ3) is 3.20. The van der Waals surface area contributed by atoms with Crippen LogP contribution in [0.2, 0.25) is 0 Å². The third-order valence-corrected chi connectivity index (χ3v) is 3.48. The molecule has 1 saturated heterocycles. The van der Waals surface area contributed by atoms with Gasteiger partial charge in [0.25, 0.3) is 5.91 Å². The highest BCUT2D eigenvalue weighted by Crippen LogP contribution is 2.19. The number of anilines is 2. The van der Waals surface area contributed by atoms with E-state index in [1.54, 1.807) is 12.3 Å². The van der Waals surface area contributed by atoms with Crippen LogP contribution in [-0.2, 0) is 0 Å². The summed E-state index contributed by atoms with van der Waals surface area (Å²) >= 11 is 0. The van der Waals surface area contributed by atoms with E-state index in [0.29, 0.717) is 5.56 Å². The van der Waals surface area contributed by atoms with Gasteiger partial charge in [-0.15, -0.1) is 0 Å². The molecule has 3 rings (SSSR count). The van der Waals surface area contributed by atoms with Crippen molar-refractivity contribution >= 4 is 17.4 Å². The van der Waals surface area contributed by atoms with Gasteiger partial charge < -0.3 is 15.5 Å². The zero-order chi connectivity index (χ0) is 14.5. The topological polar surface area (TPSA) is 57.3 Å². The quantitative estimate of drug-likeness (QED) is 0.900. The molecule has 2 heterocycles. The van der Waals surface area contributed by atoms with Gasteiger partial charge in [0.05, 0.1) is 5.56 Å². The normalized spacial score (nSPS) is 14.8. The minimum atomic E-state index is -0.122. The highest BCUT2D eigenvalue weighted by molar-refractivity contribution is 6.07. The van der Waals surface area contributed by atoms with E-state index in [0.717, 1.165) is 37.7 Å². The maximum absolute atomic E-state index is 12.5. The van der Waals surface area contributed by atoms with E-state index in [4.69, 9.17) is 0 Å². The van der Waals surface area contributed by atoms with Crippen LogP contribution in [-0.4, -0.2) is 37.1 Å². The highest BCUT2D eigenvalue weighted by Gasteiger charge is 2.19. The Morgan fingerprint density at radius 3 is 2.62 bits per heavy atom. The Bertz CT molecular complexity index is 609. The maximum Gasteiger partial charge on any atom is 0.259 e. The van der Waals surface area contributed by atoms with Gasteiger partial charge in [-0.05, 0) is 24.3 Å². The number of nitrogens with zero attached hydrogens (tertiary/aromatic N) is 2. The van der Waals surface area contributed by atoms with E-state index >= 15 is 0 Å². The number of nitrogens with one attached hydrogen (secondary N) is 2. The standard InChI is InChI=1S/C16H18N4O/c21-16(19-13-5-2-1-3-6-13)14-7-4-8-18-15(14)20-11-9-17-10-12-20/h1-8,17H,9-12H2,(H,19,21). The second-order valence-corrected chi connectivity index (χ2v) is 4.93. The molecule has 0 atom stereocenters. The van der Waals surface area contributed by atoms with E-state index in [2.05, 4.69) is 20.5 Å². The molecule has 1 fully saturated rings. The molecule has 0 aliphatic carbocycles. The Morgan fingerprint density at radius 1 is 1.10 bits per heavy atom. The number of piperazine rings is 1. The molecule has 0 spiro atoms. The molecule has 0 saturated carbocycles. The predicted octanol–water partition coefficient (Wildman–Crippen LogP) is 1.74. The number of rotatable bonds is 3. The molecule has 2 N–H and O–H groups in total. The lowest BCUT2D eigenvalue weighted by Gasteiger charge is -2.29. The number of carbonyl (C=O) groups excluding carboxylic acids is 1. The van der Waals surface area contributed by atoms with E-state index in [-0.39, 0.29) is 5.91 Å². The highest BCUT2D eigenvalue weighted by atomic mass is 16.1. The molecule has 1 amide bonds.